The van der Waals surface area contributed by atoms with Gasteiger partial charge in [0.05, 0.1) is 12.6 Å². The zero-order valence-electron chi connectivity index (χ0n) is 14.4. The number of methoxy groups -OCH3 is 1. The van der Waals surface area contributed by atoms with Gasteiger partial charge in [0.2, 0.25) is 0 Å². The topological polar surface area (TPSA) is 54.0 Å². The number of benzene rings is 1. The summed E-state index contributed by atoms with van der Waals surface area (Å²) in [6.45, 7) is 3.06. The third-order valence-electron chi connectivity index (χ3n) is 4.66. The van der Waals surface area contributed by atoms with Crippen LogP contribution in [-0.2, 0) is 6.54 Å². The molecule has 0 aliphatic carbocycles. The summed E-state index contributed by atoms with van der Waals surface area (Å²) in [4.78, 5) is 14.8. The first-order chi connectivity index (χ1) is 12.3. The maximum Gasteiger partial charge on any atom is 0.178 e. The molecule has 0 atom stereocenters. The third kappa shape index (κ3) is 3.56. The first kappa shape index (κ1) is 15.8. The van der Waals surface area contributed by atoms with Gasteiger partial charge in [0.1, 0.15) is 11.6 Å². The zero-order chi connectivity index (χ0) is 17.1. The molecule has 5 heteroatoms. The van der Waals surface area contributed by atoms with Crippen molar-refractivity contribution in [3.05, 3.63) is 60.1 Å². The van der Waals surface area contributed by atoms with Gasteiger partial charge in [-0.05, 0) is 48.2 Å². The fourth-order valence-electron chi connectivity index (χ4n) is 3.27. The lowest BCUT2D eigenvalue weighted by Gasteiger charge is -2.20. The Hall–Kier alpha value is -2.66. The molecule has 3 aromatic rings. The van der Waals surface area contributed by atoms with Crippen molar-refractivity contribution in [2.45, 2.75) is 19.4 Å². The number of nitrogens with zero attached hydrogens (tertiary/aromatic N) is 3. The van der Waals surface area contributed by atoms with Crippen molar-refractivity contribution in [1.29, 1.82) is 0 Å². The summed E-state index contributed by atoms with van der Waals surface area (Å²) in [7, 11) is 1.70. The van der Waals surface area contributed by atoms with E-state index in [1.807, 2.05) is 24.3 Å². The standard InChI is InChI=1S/C20H22N4O/c1-25-17-8-6-15(7-9-17)14-24-12-3-4-16(10-13-24)19-22-18-5-2-11-21-20(18)23-19/h2,4-9,11H,3,10,12-14H2,1H3,(H,21,22,23). The molecule has 25 heavy (non-hydrogen) atoms. The molecule has 1 aliphatic rings. The number of pyridine rings is 1. The van der Waals surface area contributed by atoms with E-state index in [-0.39, 0.29) is 0 Å². The van der Waals surface area contributed by atoms with Crippen molar-refractivity contribution in [1.82, 2.24) is 19.9 Å². The van der Waals surface area contributed by atoms with Gasteiger partial charge in [-0.1, -0.05) is 18.2 Å². The van der Waals surface area contributed by atoms with Crippen LogP contribution < -0.4 is 4.74 Å². The average molecular weight is 334 g/mol. The van der Waals surface area contributed by atoms with E-state index in [2.05, 4.69) is 38.1 Å². The molecule has 1 aromatic carbocycles. The Morgan fingerprint density at radius 2 is 2.04 bits per heavy atom. The second-order valence-electron chi connectivity index (χ2n) is 6.35. The van der Waals surface area contributed by atoms with Crippen LogP contribution in [0.15, 0.2) is 48.7 Å². The number of H-pyrrole nitrogens is 1. The number of aromatic amines is 1. The van der Waals surface area contributed by atoms with Gasteiger partial charge in [-0.25, -0.2) is 9.97 Å². The van der Waals surface area contributed by atoms with E-state index in [1.54, 1.807) is 13.3 Å². The molecule has 2 aromatic heterocycles. The van der Waals surface area contributed by atoms with Crippen LogP contribution in [0.5, 0.6) is 5.75 Å². The van der Waals surface area contributed by atoms with Gasteiger partial charge in [0, 0.05) is 25.8 Å². The van der Waals surface area contributed by atoms with Crippen LogP contribution in [0.2, 0.25) is 0 Å². The van der Waals surface area contributed by atoms with E-state index < -0.39 is 0 Å². The number of hydrogen-bond acceptors (Lipinski definition) is 4. The zero-order valence-corrected chi connectivity index (χ0v) is 14.4. The lowest BCUT2D eigenvalue weighted by Crippen LogP contribution is -2.24. The highest BCUT2D eigenvalue weighted by Crippen LogP contribution is 2.23. The molecule has 4 rings (SSSR count). The summed E-state index contributed by atoms with van der Waals surface area (Å²) >= 11 is 0. The van der Waals surface area contributed by atoms with Crippen molar-refractivity contribution < 1.29 is 4.74 Å². The predicted octanol–water partition coefficient (Wildman–Crippen LogP) is 3.65. The Morgan fingerprint density at radius 1 is 1.16 bits per heavy atom. The minimum atomic E-state index is 0.790. The minimum absolute atomic E-state index is 0.790. The first-order valence-electron chi connectivity index (χ1n) is 8.67. The Morgan fingerprint density at radius 3 is 2.84 bits per heavy atom. The molecule has 0 bridgehead atoms. The molecule has 0 radical (unpaired) electrons. The van der Waals surface area contributed by atoms with Gasteiger partial charge < -0.3 is 9.72 Å². The number of imidazole rings is 1. The van der Waals surface area contributed by atoms with Gasteiger partial charge in [-0.15, -0.1) is 0 Å². The van der Waals surface area contributed by atoms with E-state index in [1.165, 1.54) is 11.1 Å². The molecular weight excluding hydrogens is 312 g/mol. The van der Waals surface area contributed by atoms with Gasteiger partial charge in [0.15, 0.2) is 5.65 Å². The molecule has 3 heterocycles. The summed E-state index contributed by atoms with van der Waals surface area (Å²) in [5, 5.41) is 0. The SMILES string of the molecule is COc1ccc(CN2CCC=C(c3nc4ncccc4[nH]3)CC2)cc1. The predicted molar refractivity (Wildman–Crippen MR) is 99.4 cm³/mol. The summed E-state index contributed by atoms with van der Waals surface area (Å²) in [6, 6.07) is 12.3. The van der Waals surface area contributed by atoms with E-state index in [9.17, 15) is 0 Å². The molecule has 1 N–H and O–H groups in total. The molecule has 0 fully saturated rings. The van der Waals surface area contributed by atoms with Gasteiger partial charge in [-0.3, -0.25) is 4.90 Å². The maximum absolute atomic E-state index is 5.23. The van der Waals surface area contributed by atoms with E-state index in [0.29, 0.717) is 0 Å². The number of rotatable bonds is 4. The van der Waals surface area contributed by atoms with Crippen LogP contribution in [0.4, 0.5) is 0 Å². The van der Waals surface area contributed by atoms with E-state index in [0.717, 1.165) is 55.2 Å². The largest absolute Gasteiger partial charge is 0.497 e. The van der Waals surface area contributed by atoms with Crippen LogP contribution in [0.1, 0.15) is 24.2 Å². The molecule has 0 saturated carbocycles. The van der Waals surface area contributed by atoms with Gasteiger partial charge in [-0.2, -0.15) is 0 Å². The molecule has 128 valence electrons. The van der Waals surface area contributed by atoms with Crippen LogP contribution in [-0.4, -0.2) is 40.1 Å². The minimum Gasteiger partial charge on any atom is -0.497 e. The number of ether oxygens (including phenoxy) is 1. The Labute approximate surface area is 147 Å². The van der Waals surface area contributed by atoms with Crippen LogP contribution >= 0.6 is 0 Å². The first-order valence-corrected chi connectivity index (χ1v) is 8.67. The van der Waals surface area contributed by atoms with Gasteiger partial charge >= 0.3 is 0 Å². The Kier molecular flexibility index (Phi) is 4.48. The monoisotopic (exact) mass is 334 g/mol. The molecule has 0 saturated heterocycles. The summed E-state index contributed by atoms with van der Waals surface area (Å²) in [5.41, 5.74) is 4.39. The van der Waals surface area contributed by atoms with Crippen molar-refractivity contribution >= 4 is 16.7 Å². The van der Waals surface area contributed by atoms with Crippen LogP contribution in [0.3, 0.4) is 0 Å². The number of aromatic nitrogens is 3. The number of fused-ring (bicyclic) bond motifs is 1. The number of hydrogen-bond donors (Lipinski definition) is 1. The molecular formula is C20H22N4O. The van der Waals surface area contributed by atoms with E-state index >= 15 is 0 Å². The summed E-state index contributed by atoms with van der Waals surface area (Å²) in [5.74, 6) is 1.86. The van der Waals surface area contributed by atoms with Crippen LogP contribution in [0.25, 0.3) is 16.7 Å². The highest BCUT2D eigenvalue weighted by molar-refractivity contribution is 5.75. The molecule has 0 spiro atoms. The maximum atomic E-state index is 5.23. The fourth-order valence-corrected chi connectivity index (χ4v) is 3.27. The van der Waals surface area contributed by atoms with Gasteiger partial charge in [0.25, 0.3) is 0 Å². The average Bonchev–Trinajstić information content (AvgIpc) is 2.95. The third-order valence-corrected chi connectivity index (χ3v) is 4.66. The highest BCUT2D eigenvalue weighted by atomic mass is 16.5. The summed E-state index contributed by atoms with van der Waals surface area (Å²) < 4.78 is 5.23. The number of nitrogens with one attached hydrogen (secondary N) is 1. The van der Waals surface area contributed by atoms with Crippen molar-refractivity contribution in [3.8, 4) is 5.75 Å². The molecule has 5 nitrogen and oxygen atoms in total. The van der Waals surface area contributed by atoms with Crippen molar-refractivity contribution in [2.75, 3.05) is 20.2 Å². The lowest BCUT2D eigenvalue weighted by atomic mass is 10.1. The normalized spacial score (nSPS) is 15.8. The summed E-state index contributed by atoms with van der Waals surface area (Å²) in [6.07, 6.45) is 6.13. The highest BCUT2D eigenvalue weighted by Gasteiger charge is 2.15. The quantitative estimate of drug-likeness (QED) is 0.791. The Balaban J connectivity index is 1.42. The molecule has 1 aliphatic heterocycles. The Bertz CT molecular complexity index is 849. The smallest absolute Gasteiger partial charge is 0.178 e. The van der Waals surface area contributed by atoms with Crippen LogP contribution in [0, 0.1) is 0 Å². The van der Waals surface area contributed by atoms with Crippen molar-refractivity contribution in [2.24, 2.45) is 0 Å². The second kappa shape index (κ2) is 7.07. The lowest BCUT2D eigenvalue weighted by molar-refractivity contribution is 0.281. The molecule has 0 unspecified atom stereocenters. The van der Waals surface area contributed by atoms with Crippen molar-refractivity contribution in [3.63, 3.8) is 0 Å². The molecule has 0 amide bonds. The van der Waals surface area contributed by atoms with E-state index in [4.69, 9.17) is 4.74 Å². The fraction of sp³-hybridized carbons (Fsp3) is 0.300. The second-order valence-corrected chi connectivity index (χ2v) is 6.35.